The molecule has 5 heteroatoms. The van der Waals surface area contributed by atoms with Gasteiger partial charge in [0, 0.05) is 0 Å². The summed E-state index contributed by atoms with van der Waals surface area (Å²) in [5, 5.41) is 0.463. The van der Waals surface area contributed by atoms with E-state index >= 15 is 0 Å². The van der Waals surface area contributed by atoms with Crippen molar-refractivity contribution in [1.82, 2.24) is 9.66 Å². The molecular formula is C14H11N3O2. The van der Waals surface area contributed by atoms with Crippen molar-refractivity contribution in [3.8, 4) is 0 Å². The lowest BCUT2D eigenvalue weighted by atomic mass is 10.2. The summed E-state index contributed by atoms with van der Waals surface area (Å²) in [6.45, 7) is 0. The maximum Gasteiger partial charge on any atom is 0.348 e. The number of para-hydroxylation sites is 2. The van der Waals surface area contributed by atoms with Crippen molar-refractivity contribution in [3.05, 3.63) is 75.4 Å². The van der Waals surface area contributed by atoms with Gasteiger partial charge in [-0.15, -0.1) is 0 Å². The Morgan fingerprint density at radius 3 is 2.37 bits per heavy atom. The zero-order valence-corrected chi connectivity index (χ0v) is 9.96. The van der Waals surface area contributed by atoms with E-state index in [-0.39, 0.29) is 5.56 Å². The van der Waals surface area contributed by atoms with Crippen LogP contribution >= 0.6 is 0 Å². The van der Waals surface area contributed by atoms with Gasteiger partial charge in [-0.2, -0.15) is 4.68 Å². The summed E-state index contributed by atoms with van der Waals surface area (Å²) >= 11 is 0. The van der Waals surface area contributed by atoms with E-state index in [1.165, 1.54) is 0 Å². The van der Waals surface area contributed by atoms with Crippen LogP contribution in [0.2, 0.25) is 0 Å². The van der Waals surface area contributed by atoms with Gasteiger partial charge >= 0.3 is 5.69 Å². The van der Waals surface area contributed by atoms with Crippen LogP contribution in [-0.2, 0) is 0 Å². The minimum absolute atomic E-state index is 0.372. The zero-order chi connectivity index (χ0) is 13.2. The number of hydrogen-bond donors (Lipinski definition) is 2. The lowest BCUT2D eigenvalue weighted by Crippen LogP contribution is -2.39. The third-order valence-corrected chi connectivity index (χ3v) is 2.82. The topological polar surface area (TPSA) is 66.9 Å². The van der Waals surface area contributed by atoms with E-state index in [4.69, 9.17) is 0 Å². The predicted molar refractivity (Wildman–Crippen MR) is 74.3 cm³/mol. The van der Waals surface area contributed by atoms with Crippen LogP contribution in [-0.4, -0.2) is 9.66 Å². The summed E-state index contributed by atoms with van der Waals surface area (Å²) in [6.07, 6.45) is 0. The van der Waals surface area contributed by atoms with Crippen molar-refractivity contribution in [2.75, 3.05) is 5.43 Å². The van der Waals surface area contributed by atoms with Gasteiger partial charge in [-0.05, 0) is 24.3 Å². The number of hydrogen-bond acceptors (Lipinski definition) is 3. The number of anilines is 1. The lowest BCUT2D eigenvalue weighted by molar-refractivity contribution is 0.828. The van der Waals surface area contributed by atoms with Crippen LogP contribution in [0.3, 0.4) is 0 Å². The van der Waals surface area contributed by atoms with Gasteiger partial charge in [-0.3, -0.25) is 10.2 Å². The number of nitrogens with zero attached hydrogens (tertiary/aromatic N) is 1. The Kier molecular flexibility index (Phi) is 2.64. The average Bonchev–Trinajstić information content (AvgIpc) is 2.45. The second-order valence-electron chi connectivity index (χ2n) is 4.09. The molecule has 3 rings (SSSR count). The van der Waals surface area contributed by atoms with Crippen molar-refractivity contribution in [3.63, 3.8) is 0 Å². The first-order valence-electron chi connectivity index (χ1n) is 5.82. The first kappa shape index (κ1) is 11.3. The second kappa shape index (κ2) is 4.45. The van der Waals surface area contributed by atoms with Crippen LogP contribution in [0.4, 0.5) is 5.69 Å². The number of benzene rings is 2. The molecular weight excluding hydrogens is 242 g/mol. The van der Waals surface area contributed by atoms with Crippen LogP contribution in [0.15, 0.2) is 64.2 Å². The molecule has 0 aliphatic rings. The van der Waals surface area contributed by atoms with Gasteiger partial charge < -0.3 is 4.98 Å². The number of aromatic nitrogens is 2. The molecule has 1 aromatic heterocycles. The number of aromatic amines is 1. The third kappa shape index (κ3) is 2.01. The minimum atomic E-state index is -0.493. The second-order valence-corrected chi connectivity index (χ2v) is 4.09. The van der Waals surface area contributed by atoms with E-state index in [1.54, 1.807) is 36.4 Å². The molecule has 0 aliphatic heterocycles. The molecule has 3 aromatic rings. The van der Waals surface area contributed by atoms with Gasteiger partial charge in [0.05, 0.1) is 16.6 Å². The molecule has 0 unspecified atom stereocenters. The van der Waals surface area contributed by atoms with Gasteiger partial charge in [-0.25, -0.2) is 4.79 Å². The monoisotopic (exact) mass is 253 g/mol. The van der Waals surface area contributed by atoms with Crippen LogP contribution < -0.4 is 16.7 Å². The van der Waals surface area contributed by atoms with Crippen molar-refractivity contribution >= 4 is 16.6 Å². The van der Waals surface area contributed by atoms with E-state index in [9.17, 15) is 9.59 Å². The Hall–Kier alpha value is -2.82. The molecule has 1 heterocycles. The average molecular weight is 253 g/mol. The van der Waals surface area contributed by atoms with E-state index in [1.807, 2.05) is 18.2 Å². The number of H-pyrrole nitrogens is 1. The summed E-state index contributed by atoms with van der Waals surface area (Å²) < 4.78 is 0.970. The SMILES string of the molecule is O=c1[nH]c2ccccc2c(=O)n1Nc1ccccc1. The van der Waals surface area contributed by atoms with Gasteiger partial charge in [0.1, 0.15) is 0 Å². The van der Waals surface area contributed by atoms with E-state index in [2.05, 4.69) is 10.4 Å². The molecule has 0 amide bonds. The molecule has 0 radical (unpaired) electrons. The predicted octanol–water partition coefficient (Wildman–Crippen LogP) is 1.57. The van der Waals surface area contributed by atoms with Crippen molar-refractivity contribution in [2.45, 2.75) is 0 Å². The van der Waals surface area contributed by atoms with Crippen LogP contribution in [0, 0.1) is 0 Å². The van der Waals surface area contributed by atoms with Crippen molar-refractivity contribution in [2.24, 2.45) is 0 Å². The molecule has 19 heavy (non-hydrogen) atoms. The molecule has 0 fully saturated rings. The number of rotatable bonds is 2. The van der Waals surface area contributed by atoms with Crippen LogP contribution in [0.5, 0.6) is 0 Å². The Labute approximate surface area is 108 Å². The molecule has 2 aromatic carbocycles. The first-order valence-corrected chi connectivity index (χ1v) is 5.82. The van der Waals surface area contributed by atoms with Crippen LogP contribution in [0.1, 0.15) is 0 Å². The number of nitrogens with one attached hydrogen (secondary N) is 2. The fourth-order valence-electron chi connectivity index (χ4n) is 1.91. The molecule has 0 saturated carbocycles. The Morgan fingerprint density at radius 2 is 1.58 bits per heavy atom. The van der Waals surface area contributed by atoms with E-state index in [0.717, 1.165) is 4.68 Å². The van der Waals surface area contributed by atoms with Gasteiger partial charge in [0.15, 0.2) is 0 Å². The maximum absolute atomic E-state index is 12.2. The number of fused-ring (bicyclic) bond motifs is 1. The molecule has 0 aliphatic carbocycles. The minimum Gasteiger partial charge on any atom is -0.305 e. The first-order chi connectivity index (χ1) is 9.25. The molecule has 5 nitrogen and oxygen atoms in total. The van der Waals surface area contributed by atoms with E-state index in [0.29, 0.717) is 16.6 Å². The smallest absolute Gasteiger partial charge is 0.305 e. The maximum atomic E-state index is 12.2. The van der Waals surface area contributed by atoms with Gasteiger partial charge in [0.2, 0.25) is 0 Å². The van der Waals surface area contributed by atoms with Gasteiger partial charge in [0.25, 0.3) is 5.56 Å². The fourth-order valence-corrected chi connectivity index (χ4v) is 1.91. The molecule has 2 N–H and O–H groups in total. The summed E-state index contributed by atoms with van der Waals surface area (Å²) in [5.41, 5.74) is 3.13. The lowest BCUT2D eigenvalue weighted by Gasteiger charge is -2.08. The van der Waals surface area contributed by atoms with Crippen LogP contribution in [0.25, 0.3) is 10.9 Å². The quantitative estimate of drug-likeness (QED) is 0.728. The summed E-state index contributed by atoms with van der Waals surface area (Å²) in [5.74, 6) is 0. The standard InChI is InChI=1S/C14H11N3O2/c18-13-11-8-4-5-9-12(11)15-14(19)17(13)16-10-6-2-1-3-7-10/h1-9,16H,(H,15,19). The molecule has 0 bridgehead atoms. The largest absolute Gasteiger partial charge is 0.348 e. The normalized spacial score (nSPS) is 10.5. The van der Waals surface area contributed by atoms with Crippen molar-refractivity contribution in [1.29, 1.82) is 0 Å². The third-order valence-electron chi connectivity index (χ3n) is 2.82. The Morgan fingerprint density at radius 1 is 0.895 bits per heavy atom. The molecule has 0 atom stereocenters. The highest BCUT2D eigenvalue weighted by atomic mass is 16.2. The summed E-state index contributed by atoms with van der Waals surface area (Å²) in [4.78, 5) is 26.8. The molecule has 94 valence electrons. The zero-order valence-electron chi connectivity index (χ0n) is 9.96. The summed E-state index contributed by atoms with van der Waals surface area (Å²) in [7, 11) is 0. The molecule has 0 spiro atoms. The molecule has 0 saturated heterocycles. The highest BCUT2D eigenvalue weighted by molar-refractivity contribution is 5.77. The highest BCUT2D eigenvalue weighted by Gasteiger charge is 2.06. The van der Waals surface area contributed by atoms with E-state index < -0.39 is 5.69 Å². The summed E-state index contributed by atoms with van der Waals surface area (Å²) in [6, 6.07) is 16.0. The fraction of sp³-hybridized carbons (Fsp3) is 0. The Balaban J connectivity index is 2.19. The highest BCUT2D eigenvalue weighted by Crippen LogP contribution is 2.05. The van der Waals surface area contributed by atoms with Gasteiger partial charge in [-0.1, -0.05) is 30.3 Å². The Bertz CT molecular complexity index is 834. The van der Waals surface area contributed by atoms with Crippen molar-refractivity contribution < 1.29 is 0 Å².